The number of ether oxygens (including phenoxy) is 1. The van der Waals surface area contributed by atoms with Crippen molar-refractivity contribution in [3.63, 3.8) is 0 Å². The van der Waals surface area contributed by atoms with E-state index in [-0.39, 0.29) is 23.1 Å². The van der Waals surface area contributed by atoms with E-state index in [9.17, 15) is 4.39 Å². The smallest absolute Gasteiger partial charge is 0.140 e. The van der Waals surface area contributed by atoms with Crippen LogP contribution >= 0.6 is 0 Å². The van der Waals surface area contributed by atoms with Gasteiger partial charge in [0, 0.05) is 40.7 Å². The van der Waals surface area contributed by atoms with Gasteiger partial charge in [-0.05, 0) is 64.8 Å². The van der Waals surface area contributed by atoms with E-state index in [0.29, 0.717) is 17.3 Å². The lowest BCUT2D eigenvalue weighted by atomic mass is 9.85. The lowest BCUT2D eigenvalue weighted by Crippen LogP contribution is -2.10. The minimum absolute atomic E-state index is 0.0857. The van der Waals surface area contributed by atoms with Gasteiger partial charge in [0.1, 0.15) is 23.1 Å². The lowest BCUT2D eigenvalue weighted by Gasteiger charge is -2.20. The highest BCUT2D eigenvalue weighted by atomic mass is 19.1. The Kier molecular flexibility index (Phi) is 7.90. The maximum atomic E-state index is 14.3. The molecule has 5 nitrogen and oxygen atoms in total. The van der Waals surface area contributed by atoms with Crippen molar-refractivity contribution in [2.24, 2.45) is 0 Å². The first-order valence-corrected chi connectivity index (χ1v) is 16.7. The molecule has 3 aromatic heterocycles. The van der Waals surface area contributed by atoms with Gasteiger partial charge >= 0.3 is 0 Å². The number of benzene rings is 4. The predicted octanol–water partition coefficient (Wildman–Crippen LogP) is 11.5. The molecular formula is C42H41FN4O. The van der Waals surface area contributed by atoms with Crippen LogP contribution in [0.2, 0.25) is 0 Å². The molecule has 0 saturated carbocycles. The number of hydrogen-bond acceptors (Lipinski definition) is 3. The number of para-hydroxylation sites is 1. The molecule has 7 aromatic rings. The Morgan fingerprint density at radius 1 is 0.708 bits per heavy atom. The molecule has 0 N–H and O–H groups in total. The molecular weight excluding hydrogens is 595 g/mol. The molecule has 0 spiro atoms. The largest absolute Gasteiger partial charge is 0.457 e. The van der Waals surface area contributed by atoms with Gasteiger partial charge in [-0.15, -0.1) is 0 Å². The molecule has 0 atom stereocenters. The predicted molar refractivity (Wildman–Crippen MR) is 194 cm³/mol. The summed E-state index contributed by atoms with van der Waals surface area (Å²) in [5, 5.41) is 7.34. The Morgan fingerprint density at radius 2 is 1.44 bits per heavy atom. The molecule has 4 aromatic carbocycles. The molecule has 0 fully saturated rings. The Morgan fingerprint density at radius 3 is 2.15 bits per heavy atom. The van der Waals surface area contributed by atoms with Crippen molar-refractivity contribution in [1.29, 1.82) is 0 Å². The maximum Gasteiger partial charge on any atom is 0.140 e. The summed E-state index contributed by atoms with van der Waals surface area (Å²) >= 11 is 0. The molecule has 0 unspecified atom stereocenters. The summed E-state index contributed by atoms with van der Waals surface area (Å²) < 4.78 is 24.9. The summed E-state index contributed by atoms with van der Waals surface area (Å²) in [4.78, 5) is 4.49. The molecule has 0 aliphatic carbocycles. The summed E-state index contributed by atoms with van der Waals surface area (Å²) in [5.74, 6) is 2.03. The zero-order valence-electron chi connectivity index (χ0n) is 28.6. The number of rotatable bonds is 7. The minimum Gasteiger partial charge on any atom is -0.457 e. The van der Waals surface area contributed by atoms with E-state index >= 15 is 0 Å². The van der Waals surface area contributed by atoms with Crippen molar-refractivity contribution in [1.82, 2.24) is 19.3 Å². The van der Waals surface area contributed by atoms with Crippen LogP contribution in [0.4, 0.5) is 4.39 Å². The van der Waals surface area contributed by atoms with Crippen LogP contribution in [0.25, 0.3) is 44.4 Å². The zero-order valence-corrected chi connectivity index (χ0v) is 28.6. The third-order valence-corrected chi connectivity index (χ3v) is 8.96. The fraction of sp³-hybridized carbons (Fsp3) is 0.238. The quantitative estimate of drug-likeness (QED) is 0.175. The molecule has 0 aliphatic heterocycles. The summed E-state index contributed by atoms with van der Waals surface area (Å²) in [6.07, 6.45) is 1.49. The average Bonchev–Trinajstić information content (AvgIpc) is 3.62. The van der Waals surface area contributed by atoms with Crippen LogP contribution in [0.1, 0.15) is 77.3 Å². The first-order valence-electron chi connectivity index (χ1n) is 16.7. The van der Waals surface area contributed by atoms with Crippen LogP contribution in [-0.2, 0) is 5.41 Å². The van der Waals surface area contributed by atoms with Crippen molar-refractivity contribution in [2.45, 2.75) is 65.7 Å². The van der Waals surface area contributed by atoms with E-state index in [2.05, 4.69) is 101 Å². The van der Waals surface area contributed by atoms with Crippen LogP contribution in [0.15, 0.2) is 109 Å². The van der Waals surface area contributed by atoms with Gasteiger partial charge in [-0.3, -0.25) is 4.57 Å². The van der Waals surface area contributed by atoms with Crippen LogP contribution in [-0.4, -0.2) is 19.3 Å². The fourth-order valence-corrected chi connectivity index (χ4v) is 6.61. The third kappa shape index (κ3) is 5.66. The van der Waals surface area contributed by atoms with Gasteiger partial charge in [-0.1, -0.05) is 97.0 Å². The first kappa shape index (κ1) is 31.4. The highest BCUT2D eigenvalue weighted by Gasteiger charge is 2.25. The molecule has 0 aliphatic rings. The highest BCUT2D eigenvalue weighted by Crippen LogP contribution is 2.39. The number of aromatic nitrogens is 4. The average molecular weight is 637 g/mol. The number of pyridine rings is 1. The number of fused-ring (bicyclic) bond motifs is 3. The summed E-state index contributed by atoms with van der Waals surface area (Å²) in [6, 6.07) is 34.0. The molecule has 0 bridgehead atoms. The van der Waals surface area contributed by atoms with E-state index in [1.807, 2.05) is 53.1 Å². The molecule has 242 valence electrons. The number of nitrogens with zero attached hydrogens (tertiary/aromatic N) is 4. The standard InChI is InChI=1S/C42H41FN4O/c1-26(2)40-39(28-15-17-29(18-16-28)42(5,6)7)41(27(3)4)47(45-40)31-11-10-12-32(24-31)48-33-19-20-35-34-13-8-9-14-36(34)46(37(35)25-33)38-23-30(43)21-22-44-38/h8-27H,1-7H3. The summed E-state index contributed by atoms with van der Waals surface area (Å²) in [5.41, 5.74) is 8.83. The topological polar surface area (TPSA) is 44.9 Å². The van der Waals surface area contributed by atoms with Crippen LogP contribution in [0, 0.1) is 5.82 Å². The Hall–Kier alpha value is -5.23. The third-order valence-electron chi connectivity index (χ3n) is 8.96. The Bertz CT molecular complexity index is 2270. The van der Waals surface area contributed by atoms with E-state index in [1.165, 1.54) is 40.7 Å². The second-order valence-corrected chi connectivity index (χ2v) is 14.2. The number of hydrogen-bond donors (Lipinski definition) is 0. The SMILES string of the molecule is CC(C)c1nn(-c2cccc(Oc3ccc4c5ccccc5n(-c5cc(F)ccn5)c4c3)c2)c(C(C)C)c1-c1ccc(C(C)(C)C)cc1. The van der Waals surface area contributed by atoms with Gasteiger partial charge in [-0.2, -0.15) is 5.10 Å². The van der Waals surface area contributed by atoms with E-state index in [1.54, 1.807) is 0 Å². The monoisotopic (exact) mass is 636 g/mol. The Labute approximate surface area is 281 Å². The van der Waals surface area contributed by atoms with Crippen molar-refractivity contribution in [3.8, 4) is 34.1 Å². The zero-order chi connectivity index (χ0) is 33.7. The molecule has 0 saturated heterocycles. The van der Waals surface area contributed by atoms with E-state index < -0.39 is 0 Å². The molecule has 7 rings (SSSR count). The first-order chi connectivity index (χ1) is 23.0. The minimum atomic E-state index is -0.333. The molecule has 0 radical (unpaired) electrons. The molecule has 0 amide bonds. The summed E-state index contributed by atoms with van der Waals surface area (Å²) in [6.45, 7) is 15.6. The maximum absolute atomic E-state index is 14.3. The van der Waals surface area contributed by atoms with E-state index in [0.717, 1.165) is 33.2 Å². The van der Waals surface area contributed by atoms with Crippen LogP contribution in [0.3, 0.4) is 0 Å². The van der Waals surface area contributed by atoms with Crippen molar-refractivity contribution < 1.29 is 9.13 Å². The van der Waals surface area contributed by atoms with Crippen LogP contribution in [0.5, 0.6) is 11.5 Å². The highest BCUT2D eigenvalue weighted by molar-refractivity contribution is 6.09. The van der Waals surface area contributed by atoms with Gasteiger partial charge in [0.2, 0.25) is 0 Å². The van der Waals surface area contributed by atoms with Gasteiger partial charge in [0.05, 0.1) is 28.1 Å². The second-order valence-electron chi connectivity index (χ2n) is 14.2. The van der Waals surface area contributed by atoms with Crippen molar-refractivity contribution in [2.75, 3.05) is 0 Å². The number of halogens is 1. The normalized spacial score (nSPS) is 12.1. The van der Waals surface area contributed by atoms with Gasteiger partial charge in [-0.25, -0.2) is 14.1 Å². The summed E-state index contributed by atoms with van der Waals surface area (Å²) in [7, 11) is 0. The molecule has 3 heterocycles. The van der Waals surface area contributed by atoms with Gasteiger partial charge < -0.3 is 4.74 Å². The molecule has 6 heteroatoms. The van der Waals surface area contributed by atoms with Crippen molar-refractivity contribution >= 4 is 21.8 Å². The van der Waals surface area contributed by atoms with Crippen LogP contribution < -0.4 is 4.74 Å². The van der Waals surface area contributed by atoms with Gasteiger partial charge in [0.25, 0.3) is 0 Å². The van der Waals surface area contributed by atoms with Crippen molar-refractivity contribution in [3.05, 3.63) is 132 Å². The van der Waals surface area contributed by atoms with Gasteiger partial charge in [0.15, 0.2) is 0 Å². The van der Waals surface area contributed by atoms with E-state index in [4.69, 9.17) is 9.84 Å². The molecule has 48 heavy (non-hydrogen) atoms. The Balaban J connectivity index is 1.30. The fourth-order valence-electron chi connectivity index (χ4n) is 6.61. The lowest BCUT2D eigenvalue weighted by molar-refractivity contribution is 0.482. The second kappa shape index (κ2) is 12.1.